The summed E-state index contributed by atoms with van der Waals surface area (Å²) < 4.78 is 0. The minimum absolute atomic E-state index is 0.376. The van der Waals surface area contributed by atoms with Crippen molar-refractivity contribution in [2.24, 2.45) is 17.8 Å². The molecule has 82 valence electrons. The van der Waals surface area contributed by atoms with Gasteiger partial charge in [0, 0.05) is 11.6 Å². The molecule has 1 aliphatic carbocycles. The Labute approximate surface area is 88.7 Å². The summed E-state index contributed by atoms with van der Waals surface area (Å²) >= 11 is 0. The first kappa shape index (κ1) is 10.5. The zero-order valence-electron chi connectivity index (χ0n) is 10.1. The molecule has 2 fully saturated rings. The van der Waals surface area contributed by atoms with Gasteiger partial charge >= 0.3 is 0 Å². The summed E-state index contributed by atoms with van der Waals surface area (Å²) in [4.78, 5) is 0. The molecule has 0 aromatic rings. The zero-order valence-corrected chi connectivity index (χ0v) is 10.1. The second-order valence-corrected chi connectivity index (χ2v) is 6.40. The lowest BCUT2D eigenvalue weighted by Gasteiger charge is -2.49. The fraction of sp³-hybridized carbons (Fsp3) is 1.00. The maximum absolute atomic E-state index is 3.85. The Morgan fingerprint density at radius 3 is 2.57 bits per heavy atom. The molecule has 0 spiro atoms. The normalized spacial score (nSPS) is 47.1. The monoisotopic (exact) mass is 195 g/mol. The minimum Gasteiger partial charge on any atom is -0.309 e. The number of rotatable bonds is 0. The van der Waals surface area contributed by atoms with Crippen LogP contribution in [0.1, 0.15) is 53.4 Å². The molecular formula is C13H25N. The van der Waals surface area contributed by atoms with Crippen LogP contribution >= 0.6 is 0 Å². The van der Waals surface area contributed by atoms with Crippen molar-refractivity contribution in [2.45, 2.75) is 65.0 Å². The standard InChI is InChI=1S/C13H25N/c1-9-5-6-12-11(7-9)10(2)8-13(3,4)14-12/h9-12,14H,5-8H2,1-4H3. The molecule has 1 heterocycles. The number of piperidine rings is 1. The Morgan fingerprint density at radius 2 is 1.86 bits per heavy atom. The third-order valence-electron chi connectivity index (χ3n) is 4.30. The van der Waals surface area contributed by atoms with E-state index >= 15 is 0 Å². The van der Waals surface area contributed by atoms with E-state index in [1.165, 1.54) is 25.7 Å². The number of hydrogen-bond acceptors (Lipinski definition) is 1. The van der Waals surface area contributed by atoms with Gasteiger partial charge in [-0.25, -0.2) is 0 Å². The molecule has 0 bridgehead atoms. The van der Waals surface area contributed by atoms with E-state index in [2.05, 4.69) is 33.0 Å². The molecule has 1 nitrogen and oxygen atoms in total. The van der Waals surface area contributed by atoms with Crippen LogP contribution in [0.25, 0.3) is 0 Å². The van der Waals surface area contributed by atoms with Crippen LogP contribution in [0.15, 0.2) is 0 Å². The highest BCUT2D eigenvalue weighted by Gasteiger charge is 2.40. The molecule has 0 aromatic carbocycles. The molecule has 4 atom stereocenters. The highest BCUT2D eigenvalue weighted by molar-refractivity contribution is 4.97. The van der Waals surface area contributed by atoms with E-state index in [0.29, 0.717) is 5.54 Å². The lowest BCUT2D eigenvalue weighted by molar-refractivity contribution is 0.0652. The predicted octanol–water partition coefficient (Wildman–Crippen LogP) is 3.20. The van der Waals surface area contributed by atoms with Gasteiger partial charge < -0.3 is 5.32 Å². The van der Waals surface area contributed by atoms with Crippen LogP contribution in [-0.2, 0) is 0 Å². The summed E-state index contributed by atoms with van der Waals surface area (Å²) in [6.45, 7) is 9.59. The van der Waals surface area contributed by atoms with E-state index in [1.54, 1.807) is 0 Å². The van der Waals surface area contributed by atoms with Crippen LogP contribution in [0.4, 0.5) is 0 Å². The van der Waals surface area contributed by atoms with Crippen molar-refractivity contribution in [3.63, 3.8) is 0 Å². The summed E-state index contributed by atoms with van der Waals surface area (Å²) in [6.07, 6.45) is 5.63. The Bertz CT molecular complexity index is 209. The van der Waals surface area contributed by atoms with Gasteiger partial charge in [0.05, 0.1) is 0 Å². The predicted molar refractivity (Wildman–Crippen MR) is 61.3 cm³/mol. The molecule has 1 N–H and O–H groups in total. The fourth-order valence-electron chi connectivity index (χ4n) is 3.75. The molecule has 1 saturated heterocycles. The van der Waals surface area contributed by atoms with E-state index in [1.807, 2.05) is 0 Å². The van der Waals surface area contributed by atoms with Gasteiger partial charge in [0.1, 0.15) is 0 Å². The van der Waals surface area contributed by atoms with E-state index in [4.69, 9.17) is 0 Å². The van der Waals surface area contributed by atoms with Crippen LogP contribution < -0.4 is 5.32 Å². The van der Waals surface area contributed by atoms with E-state index < -0.39 is 0 Å². The minimum atomic E-state index is 0.376. The molecule has 1 saturated carbocycles. The van der Waals surface area contributed by atoms with Crippen molar-refractivity contribution in [3.8, 4) is 0 Å². The average molecular weight is 195 g/mol. The van der Waals surface area contributed by atoms with Crippen molar-refractivity contribution in [1.82, 2.24) is 5.32 Å². The summed E-state index contributed by atoms with van der Waals surface area (Å²) in [5.41, 5.74) is 0.376. The van der Waals surface area contributed by atoms with E-state index in [9.17, 15) is 0 Å². The van der Waals surface area contributed by atoms with Crippen LogP contribution in [0.2, 0.25) is 0 Å². The maximum Gasteiger partial charge on any atom is 0.0130 e. The van der Waals surface area contributed by atoms with Crippen LogP contribution in [0, 0.1) is 17.8 Å². The fourth-order valence-corrected chi connectivity index (χ4v) is 3.75. The lowest BCUT2D eigenvalue weighted by atomic mass is 9.66. The smallest absolute Gasteiger partial charge is 0.0130 e. The van der Waals surface area contributed by atoms with Crippen molar-refractivity contribution in [1.29, 1.82) is 0 Å². The summed E-state index contributed by atoms with van der Waals surface area (Å²) in [5, 5.41) is 3.85. The van der Waals surface area contributed by atoms with Crippen LogP contribution in [0.3, 0.4) is 0 Å². The van der Waals surface area contributed by atoms with E-state index in [0.717, 1.165) is 23.8 Å². The van der Waals surface area contributed by atoms with Gasteiger partial charge in [-0.15, -0.1) is 0 Å². The molecule has 1 aliphatic heterocycles. The highest BCUT2D eigenvalue weighted by Crippen LogP contribution is 2.41. The first-order valence-corrected chi connectivity index (χ1v) is 6.25. The maximum atomic E-state index is 3.85. The average Bonchev–Trinajstić information content (AvgIpc) is 2.05. The second kappa shape index (κ2) is 3.52. The van der Waals surface area contributed by atoms with Gasteiger partial charge in [-0.3, -0.25) is 0 Å². The molecule has 14 heavy (non-hydrogen) atoms. The van der Waals surface area contributed by atoms with Gasteiger partial charge in [0.15, 0.2) is 0 Å². The van der Waals surface area contributed by atoms with Gasteiger partial charge in [0.25, 0.3) is 0 Å². The molecule has 2 aliphatic rings. The molecule has 2 rings (SSSR count). The van der Waals surface area contributed by atoms with Gasteiger partial charge in [0.2, 0.25) is 0 Å². The molecular weight excluding hydrogens is 170 g/mol. The molecule has 0 aromatic heterocycles. The third-order valence-corrected chi connectivity index (χ3v) is 4.30. The number of nitrogens with one attached hydrogen (secondary N) is 1. The molecule has 0 amide bonds. The van der Waals surface area contributed by atoms with E-state index in [-0.39, 0.29) is 0 Å². The second-order valence-electron chi connectivity index (χ2n) is 6.40. The van der Waals surface area contributed by atoms with Crippen molar-refractivity contribution in [2.75, 3.05) is 0 Å². The summed E-state index contributed by atoms with van der Waals surface area (Å²) in [6, 6.07) is 0.810. The first-order chi connectivity index (χ1) is 6.48. The Morgan fingerprint density at radius 1 is 1.14 bits per heavy atom. The van der Waals surface area contributed by atoms with Gasteiger partial charge in [-0.2, -0.15) is 0 Å². The lowest BCUT2D eigenvalue weighted by Crippen LogP contribution is -2.57. The topological polar surface area (TPSA) is 12.0 Å². The van der Waals surface area contributed by atoms with Crippen LogP contribution in [0.5, 0.6) is 0 Å². The highest BCUT2D eigenvalue weighted by atomic mass is 15.0. The molecule has 1 heteroatoms. The zero-order chi connectivity index (χ0) is 10.3. The van der Waals surface area contributed by atoms with Gasteiger partial charge in [-0.05, 0) is 57.3 Å². The Hall–Kier alpha value is -0.0400. The quantitative estimate of drug-likeness (QED) is 0.626. The SMILES string of the molecule is CC1CCC2NC(C)(C)CC(C)C2C1. The van der Waals surface area contributed by atoms with Crippen LogP contribution in [-0.4, -0.2) is 11.6 Å². The van der Waals surface area contributed by atoms with Crippen molar-refractivity contribution < 1.29 is 0 Å². The molecule has 0 radical (unpaired) electrons. The Kier molecular flexibility index (Phi) is 2.63. The Balaban J connectivity index is 2.07. The number of fused-ring (bicyclic) bond motifs is 1. The largest absolute Gasteiger partial charge is 0.309 e. The summed E-state index contributed by atoms with van der Waals surface area (Å²) in [5.74, 6) is 2.83. The van der Waals surface area contributed by atoms with Crippen molar-refractivity contribution >= 4 is 0 Å². The third kappa shape index (κ3) is 1.98. The van der Waals surface area contributed by atoms with Gasteiger partial charge in [-0.1, -0.05) is 13.8 Å². The first-order valence-electron chi connectivity index (χ1n) is 6.25. The summed E-state index contributed by atoms with van der Waals surface area (Å²) in [7, 11) is 0. The molecule has 4 unspecified atom stereocenters. The van der Waals surface area contributed by atoms with Crippen molar-refractivity contribution in [3.05, 3.63) is 0 Å². The number of hydrogen-bond donors (Lipinski definition) is 1.